The lowest BCUT2D eigenvalue weighted by Gasteiger charge is -2.24. The summed E-state index contributed by atoms with van der Waals surface area (Å²) in [5.41, 5.74) is 1.66. The Bertz CT molecular complexity index is 921. The molecule has 0 aliphatic carbocycles. The second-order valence-electron chi connectivity index (χ2n) is 8.08. The Morgan fingerprint density at radius 1 is 1.03 bits per heavy atom. The number of carbonyl (C=O) groups excluding carboxylic acids is 2. The van der Waals surface area contributed by atoms with Crippen LogP contribution in [0.25, 0.3) is 0 Å². The molecule has 0 radical (unpaired) electrons. The number of anilines is 1. The maximum atomic E-state index is 13.3. The fourth-order valence-electron chi connectivity index (χ4n) is 3.86. The number of hydrogen-bond donors (Lipinski definition) is 1. The zero-order valence-corrected chi connectivity index (χ0v) is 20.0. The maximum absolute atomic E-state index is 13.3. The highest BCUT2D eigenvalue weighted by molar-refractivity contribution is 7.80. The van der Waals surface area contributed by atoms with E-state index >= 15 is 0 Å². The van der Waals surface area contributed by atoms with Crippen molar-refractivity contribution in [3.63, 3.8) is 0 Å². The number of benzene rings is 2. The van der Waals surface area contributed by atoms with Gasteiger partial charge in [-0.3, -0.25) is 14.5 Å². The molecule has 2 aromatic rings. The van der Waals surface area contributed by atoms with Crippen molar-refractivity contribution in [1.29, 1.82) is 0 Å². The molecule has 0 saturated carbocycles. The fourth-order valence-corrected chi connectivity index (χ4v) is 4.36. The number of nitrogens with zero attached hydrogens (tertiary/aromatic N) is 2. The van der Waals surface area contributed by atoms with Gasteiger partial charge in [0.1, 0.15) is 6.04 Å². The molecule has 1 aliphatic rings. The monoisotopic (exact) mass is 471 g/mol. The first-order valence-electron chi connectivity index (χ1n) is 11.2. The first-order valence-corrected chi connectivity index (χ1v) is 12.0. The molecule has 1 aliphatic heterocycles. The number of amides is 2. The molecule has 1 atom stereocenters. The Labute approximate surface area is 200 Å². The number of nitrogens with one attached hydrogen (secondary N) is 1. The van der Waals surface area contributed by atoms with E-state index in [1.165, 1.54) is 19.3 Å². The summed E-state index contributed by atoms with van der Waals surface area (Å²) in [4.78, 5) is 29.6. The van der Waals surface area contributed by atoms with Crippen LogP contribution in [0.3, 0.4) is 0 Å². The Balaban J connectivity index is 1.69. The number of carbonyl (C=O) groups is 2. The van der Waals surface area contributed by atoms with Gasteiger partial charge in [-0.1, -0.05) is 74.5 Å². The lowest BCUT2D eigenvalue weighted by Crippen LogP contribution is -2.38. The van der Waals surface area contributed by atoms with Crippen molar-refractivity contribution in [3.05, 3.63) is 65.2 Å². The summed E-state index contributed by atoms with van der Waals surface area (Å²) in [6, 6.07) is 16.1. The topological polar surface area (TPSA) is 52.7 Å². The molecule has 0 bridgehead atoms. The average molecular weight is 472 g/mol. The molecular formula is C25H30ClN3O2S. The summed E-state index contributed by atoms with van der Waals surface area (Å²) in [6.45, 7) is 3.28. The second-order valence-corrected chi connectivity index (χ2v) is 8.88. The zero-order valence-electron chi connectivity index (χ0n) is 18.4. The highest BCUT2D eigenvalue weighted by atomic mass is 35.5. The normalized spacial score (nSPS) is 16.0. The van der Waals surface area contributed by atoms with Crippen LogP contribution < -0.4 is 5.32 Å². The molecule has 0 aromatic heterocycles. The molecule has 1 N–H and O–H groups in total. The van der Waals surface area contributed by atoms with Crippen LogP contribution >= 0.6 is 23.8 Å². The lowest BCUT2D eigenvalue weighted by molar-refractivity contribution is -0.131. The largest absolute Gasteiger partial charge is 0.336 e. The smallest absolute Gasteiger partial charge is 0.252 e. The van der Waals surface area contributed by atoms with E-state index in [-0.39, 0.29) is 18.2 Å². The minimum absolute atomic E-state index is 0.0574. The number of rotatable bonds is 11. The average Bonchev–Trinajstić information content (AvgIpc) is 3.00. The summed E-state index contributed by atoms with van der Waals surface area (Å²) in [5.74, 6) is -0.329. The molecule has 2 aromatic carbocycles. The highest BCUT2D eigenvalue weighted by Gasteiger charge is 2.42. The number of unbranched alkanes of at least 4 members (excludes halogenated alkanes) is 4. The van der Waals surface area contributed by atoms with Crippen LogP contribution in [-0.2, 0) is 16.1 Å². The van der Waals surface area contributed by atoms with Crippen molar-refractivity contribution in [3.8, 4) is 0 Å². The van der Waals surface area contributed by atoms with Gasteiger partial charge in [0.2, 0.25) is 5.91 Å². The van der Waals surface area contributed by atoms with Gasteiger partial charge in [0.25, 0.3) is 5.91 Å². The molecule has 1 saturated heterocycles. The summed E-state index contributed by atoms with van der Waals surface area (Å²) in [7, 11) is 0. The van der Waals surface area contributed by atoms with E-state index in [1.54, 1.807) is 29.2 Å². The number of halogens is 1. The van der Waals surface area contributed by atoms with Crippen LogP contribution in [0.15, 0.2) is 54.6 Å². The first kappa shape index (κ1) is 24.2. The minimum atomic E-state index is -0.579. The SMILES string of the molecule is CCCCCCCN1C(=S)N(Cc2ccccc2)C(=O)C1CC(=O)Nc1ccc(Cl)cc1. The summed E-state index contributed by atoms with van der Waals surface area (Å²) < 4.78 is 0. The third-order valence-corrected chi connectivity index (χ3v) is 6.30. The van der Waals surface area contributed by atoms with Crippen molar-refractivity contribution >= 4 is 46.4 Å². The molecule has 1 heterocycles. The predicted octanol–water partition coefficient (Wildman–Crippen LogP) is 5.64. The summed E-state index contributed by atoms with van der Waals surface area (Å²) in [5, 5.41) is 3.98. The molecule has 2 amide bonds. The zero-order chi connectivity index (χ0) is 22.9. The third kappa shape index (κ3) is 6.53. The first-order chi connectivity index (χ1) is 15.5. The van der Waals surface area contributed by atoms with Crippen molar-refractivity contribution in [2.24, 2.45) is 0 Å². The molecule has 1 fully saturated rings. The van der Waals surface area contributed by atoms with Gasteiger partial charge < -0.3 is 10.2 Å². The van der Waals surface area contributed by atoms with Gasteiger partial charge >= 0.3 is 0 Å². The van der Waals surface area contributed by atoms with Crippen LogP contribution in [-0.4, -0.2) is 39.3 Å². The van der Waals surface area contributed by atoms with Gasteiger partial charge in [-0.25, -0.2) is 0 Å². The van der Waals surface area contributed by atoms with Crippen LogP contribution in [0, 0.1) is 0 Å². The van der Waals surface area contributed by atoms with E-state index in [2.05, 4.69) is 12.2 Å². The van der Waals surface area contributed by atoms with Gasteiger partial charge in [0.15, 0.2) is 5.11 Å². The fraction of sp³-hybridized carbons (Fsp3) is 0.400. The quantitative estimate of drug-likeness (QED) is 0.340. The van der Waals surface area contributed by atoms with E-state index in [0.717, 1.165) is 18.4 Å². The minimum Gasteiger partial charge on any atom is -0.336 e. The lowest BCUT2D eigenvalue weighted by atomic mass is 10.1. The second kappa shape index (κ2) is 12.0. The van der Waals surface area contributed by atoms with Gasteiger partial charge in [-0.2, -0.15) is 0 Å². The summed E-state index contributed by atoms with van der Waals surface area (Å²) >= 11 is 11.6. The third-order valence-electron chi connectivity index (χ3n) is 5.60. The van der Waals surface area contributed by atoms with Crippen molar-refractivity contribution in [2.75, 3.05) is 11.9 Å². The molecule has 5 nitrogen and oxygen atoms in total. The van der Waals surface area contributed by atoms with Crippen LogP contribution in [0.4, 0.5) is 5.69 Å². The molecule has 7 heteroatoms. The molecule has 3 rings (SSSR count). The van der Waals surface area contributed by atoms with Crippen LogP contribution in [0.5, 0.6) is 0 Å². The highest BCUT2D eigenvalue weighted by Crippen LogP contribution is 2.24. The standard InChI is InChI=1S/C25H30ClN3O2S/c1-2-3-4-5-9-16-28-22(17-23(30)27-21-14-12-20(26)13-15-21)24(31)29(25(28)32)18-19-10-7-6-8-11-19/h6-8,10-15,22H,2-5,9,16-18H2,1H3,(H,27,30). The Hall–Kier alpha value is -2.44. The molecule has 1 unspecified atom stereocenters. The number of thiocarbonyl (C=S) groups is 1. The number of hydrogen-bond acceptors (Lipinski definition) is 3. The Kier molecular flexibility index (Phi) is 9.06. The van der Waals surface area contributed by atoms with Crippen molar-refractivity contribution < 1.29 is 9.59 Å². The van der Waals surface area contributed by atoms with E-state index in [1.807, 2.05) is 35.2 Å². The maximum Gasteiger partial charge on any atom is 0.252 e. The predicted molar refractivity (Wildman–Crippen MR) is 134 cm³/mol. The Morgan fingerprint density at radius 3 is 2.41 bits per heavy atom. The molecular weight excluding hydrogens is 442 g/mol. The van der Waals surface area contributed by atoms with E-state index in [4.69, 9.17) is 23.8 Å². The molecule has 170 valence electrons. The van der Waals surface area contributed by atoms with Crippen molar-refractivity contribution in [1.82, 2.24) is 9.80 Å². The summed E-state index contributed by atoms with van der Waals surface area (Å²) in [6.07, 6.45) is 5.64. The van der Waals surface area contributed by atoms with E-state index in [0.29, 0.717) is 28.9 Å². The van der Waals surface area contributed by atoms with E-state index < -0.39 is 6.04 Å². The van der Waals surface area contributed by atoms with Crippen LogP contribution in [0.2, 0.25) is 5.02 Å². The Morgan fingerprint density at radius 2 is 1.72 bits per heavy atom. The van der Waals surface area contributed by atoms with Gasteiger partial charge in [0.05, 0.1) is 13.0 Å². The van der Waals surface area contributed by atoms with Gasteiger partial charge in [0, 0.05) is 17.3 Å². The van der Waals surface area contributed by atoms with E-state index in [9.17, 15) is 9.59 Å². The molecule has 32 heavy (non-hydrogen) atoms. The van der Waals surface area contributed by atoms with Crippen LogP contribution in [0.1, 0.15) is 51.0 Å². The van der Waals surface area contributed by atoms with Crippen molar-refractivity contribution in [2.45, 2.75) is 58.0 Å². The molecule has 0 spiro atoms. The van der Waals surface area contributed by atoms with Gasteiger partial charge in [-0.05, 0) is 48.5 Å². The van der Waals surface area contributed by atoms with Gasteiger partial charge in [-0.15, -0.1) is 0 Å².